The van der Waals surface area contributed by atoms with Crippen LogP contribution in [0.4, 0.5) is 0 Å². The van der Waals surface area contributed by atoms with Crippen molar-refractivity contribution < 1.29 is 13.2 Å². The molecule has 2 fully saturated rings. The first-order valence-electron chi connectivity index (χ1n) is 8.87. The second kappa shape index (κ2) is 8.62. The zero-order chi connectivity index (χ0) is 16.0. The maximum absolute atomic E-state index is 12.7. The normalized spacial score (nSPS) is 23.8. The van der Waals surface area contributed by atoms with Gasteiger partial charge in [0.15, 0.2) is 0 Å². The van der Waals surface area contributed by atoms with Gasteiger partial charge >= 0.3 is 0 Å². The van der Waals surface area contributed by atoms with E-state index >= 15 is 0 Å². The molecule has 1 atom stereocenters. The molecule has 1 aliphatic heterocycles. The minimum absolute atomic E-state index is 0.0693. The van der Waals surface area contributed by atoms with Crippen LogP contribution in [0.15, 0.2) is 0 Å². The van der Waals surface area contributed by atoms with Gasteiger partial charge in [0.2, 0.25) is 0 Å². The lowest BCUT2D eigenvalue weighted by atomic mass is 9.83. The highest BCUT2D eigenvalue weighted by atomic mass is 32.2. The van der Waals surface area contributed by atoms with Crippen molar-refractivity contribution in [2.24, 2.45) is 5.92 Å². The maximum Gasteiger partial charge on any atom is 0.279 e. The van der Waals surface area contributed by atoms with E-state index in [0.29, 0.717) is 19.1 Å². The first kappa shape index (κ1) is 18.2. The van der Waals surface area contributed by atoms with E-state index in [0.717, 1.165) is 38.5 Å². The predicted octanol–water partition coefficient (Wildman–Crippen LogP) is 2.68. The monoisotopic (exact) mass is 332 g/mol. The molecule has 22 heavy (non-hydrogen) atoms. The minimum Gasteiger partial charge on any atom is -0.381 e. The molecule has 0 amide bonds. The van der Waals surface area contributed by atoms with Gasteiger partial charge in [0.1, 0.15) is 0 Å². The molecule has 1 aliphatic carbocycles. The third kappa shape index (κ3) is 4.91. The Bertz CT molecular complexity index is 415. The summed E-state index contributed by atoms with van der Waals surface area (Å²) in [5, 5.41) is 0. The van der Waals surface area contributed by atoms with Crippen molar-refractivity contribution in [3.8, 4) is 0 Å². The fraction of sp³-hybridized carbons (Fsp3) is 1.00. The molecule has 0 aromatic heterocycles. The largest absolute Gasteiger partial charge is 0.381 e. The smallest absolute Gasteiger partial charge is 0.279 e. The van der Waals surface area contributed by atoms with Gasteiger partial charge < -0.3 is 4.74 Å². The zero-order valence-corrected chi connectivity index (χ0v) is 14.9. The van der Waals surface area contributed by atoms with Crippen molar-refractivity contribution in [2.45, 2.75) is 76.8 Å². The van der Waals surface area contributed by atoms with Crippen LogP contribution in [0.2, 0.25) is 0 Å². The van der Waals surface area contributed by atoms with Crippen LogP contribution in [0.3, 0.4) is 0 Å². The van der Waals surface area contributed by atoms with Crippen LogP contribution >= 0.6 is 0 Å². The fourth-order valence-corrected chi connectivity index (χ4v) is 5.22. The molecule has 2 rings (SSSR count). The Morgan fingerprint density at radius 2 is 1.77 bits per heavy atom. The second-order valence-electron chi connectivity index (χ2n) is 6.78. The van der Waals surface area contributed by atoms with Crippen LogP contribution in [0, 0.1) is 5.92 Å². The van der Waals surface area contributed by atoms with Crippen LogP contribution < -0.4 is 4.72 Å². The van der Waals surface area contributed by atoms with E-state index in [1.165, 1.54) is 19.3 Å². The Morgan fingerprint density at radius 3 is 2.36 bits per heavy atom. The van der Waals surface area contributed by atoms with Gasteiger partial charge in [-0.25, -0.2) is 0 Å². The standard InChI is InChI=1S/C16H32N2O3S/c1-3-7-16(14-8-5-4-6-9-14)17-22(19,20)18(2)15-10-12-21-13-11-15/h14-17H,3-13H2,1-2H3. The molecule has 1 heterocycles. The molecule has 1 unspecified atom stereocenters. The first-order chi connectivity index (χ1) is 10.5. The van der Waals surface area contributed by atoms with Crippen LogP contribution in [0.25, 0.3) is 0 Å². The molecular formula is C16H32N2O3S. The van der Waals surface area contributed by atoms with Crippen molar-refractivity contribution in [2.75, 3.05) is 20.3 Å². The fourth-order valence-electron chi connectivity index (χ4n) is 3.76. The van der Waals surface area contributed by atoms with E-state index in [2.05, 4.69) is 11.6 Å². The van der Waals surface area contributed by atoms with Gasteiger partial charge in [-0.05, 0) is 38.0 Å². The summed E-state index contributed by atoms with van der Waals surface area (Å²) in [4.78, 5) is 0. The summed E-state index contributed by atoms with van der Waals surface area (Å²) in [7, 11) is -1.69. The minimum atomic E-state index is -3.40. The molecule has 1 N–H and O–H groups in total. The third-order valence-electron chi connectivity index (χ3n) is 5.20. The Morgan fingerprint density at radius 1 is 1.14 bits per heavy atom. The van der Waals surface area contributed by atoms with Gasteiger partial charge in [0, 0.05) is 32.3 Å². The van der Waals surface area contributed by atoms with E-state index in [1.54, 1.807) is 11.4 Å². The molecule has 0 bridgehead atoms. The molecule has 1 saturated heterocycles. The average Bonchev–Trinajstić information content (AvgIpc) is 2.55. The lowest BCUT2D eigenvalue weighted by Gasteiger charge is -2.35. The number of ether oxygens (including phenoxy) is 1. The number of nitrogens with one attached hydrogen (secondary N) is 1. The summed E-state index contributed by atoms with van der Waals surface area (Å²) in [6, 6.07) is 0.164. The Kier molecular flexibility index (Phi) is 7.12. The molecule has 1 saturated carbocycles. The highest BCUT2D eigenvalue weighted by Gasteiger charge is 2.32. The van der Waals surface area contributed by atoms with Crippen LogP contribution in [0.5, 0.6) is 0 Å². The quantitative estimate of drug-likeness (QED) is 0.780. The Hall–Kier alpha value is -0.170. The molecule has 2 aliphatic rings. The molecular weight excluding hydrogens is 300 g/mol. The number of hydrogen-bond donors (Lipinski definition) is 1. The van der Waals surface area contributed by atoms with E-state index in [4.69, 9.17) is 4.74 Å². The van der Waals surface area contributed by atoms with Crippen molar-refractivity contribution in [3.05, 3.63) is 0 Å². The van der Waals surface area contributed by atoms with E-state index < -0.39 is 10.2 Å². The molecule has 130 valence electrons. The van der Waals surface area contributed by atoms with E-state index in [1.807, 2.05) is 0 Å². The van der Waals surface area contributed by atoms with Gasteiger partial charge in [-0.15, -0.1) is 0 Å². The van der Waals surface area contributed by atoms with Crippen molar-refractivity contribution in [3.63, 3.8) is 0 Å². The summed E-state index contributed by atoms with van der Waals surface area (Å²) in [5.74, 6) is 0.506. The molecule has 5 nitrogen and oxygen atoms in total. The lowest BCUT2D eigenvalue weighted by Crippen LogP contribution is -2.51. The maximum atomic E-state index is 12.7. The average molecular weight is 333 g/mol. The van der Waals surface area contributed by atoms with Crippen LogP contribution in [-0.2, 0) is 14.9 Å². The van der Waals surface area contributed by atoms with Gasteiger partial charge in [0.05, 0.1) is 0 Å². The summed E-state index contributed by atoms with van der Waals surface area (Å²) in [6.45, 7) is 3.45. The van der Waals surface area contributed by atoms with Gasteiger partial charge in [-0.3, -0.25) is 0 Å². The molecule has 0 radical (unpaired) electrons. The predicted molar refractivity (Wildman–Crippen MR) is 88.9 cm³/mol. The van der Waals surface area contributed by atoms with E-state index in [9.17, 15) is 8.42 Å². The first-order valence-corrected chi connectivity index (χ1v) is 10.3. The van der Waals surface area contributed by atoms with Crippen molar-refractivity contribution in [1.82, 2.24) is 9.03 Å². The Labute approximate surface area is 136 Å². The summed E-state index contributed by atoms with van der Waals surface area (Å²) in [5.41, 5.74) is 0. The van der Waals surface area contributed by atoms with Crippen LogP contribution in [-0.4, -0.2) is 45.1 Å². The van der Waals surface area contributed by atoms with Gasteiger partial charge in [-0.1, -0.05) is 32.6 Å². The number of nitrogens with zero attached hydrogens (tertiary/aromatic N) is 1. The van der Waals surface area contributed by atoms with Gasteiger partial charge in [0.25, 0.3) is 10.2 Å². The summed E-state index contributed by atoms with van der Waals surface area (Å²) in [6.07, 6.45) is 9.63. The topological polar surface area (TPSA) is 58.6 Å². The van der Waals surface area contributed by atoms with E-state index in [-0.39, 0.29) is 12.1 Å². The van der Waals surface area contributed by atoms with Gasteiger partial charge in [-0.2, -0.15) is 17.4 Å². The number of rotatable bonds is 7. The molecule has 0 aromatic rings. The van der Waals surface area contributed by atoms with Crippen molar-refractivity contribution >= 4 is 10.2 Å². The molecule has 0 aromatic carbocycles. The summed E-state index contributed by atoms with van der Waals surface area (Å²) < 4.78 is 35.4. The molecule has 6 heteroatoms. The summed E-state index contributed by atoms with van der Waals surface area (Å²) >= 11 is 0. The number of hydrogen-bond acceptors (Lipinski definition) is 3. The third-order valence-corrected chi connectivity index (χ3v) is 6.86. The second-order valence-corrected chi connectivity index (χ2v) is 8.54. The Balaban J connectivity index is 1.99. The highest BCUT2D eigenvalue weighted by molar-refractivity contribution is 7.87. The van der Waals surface area contributed by atoms with Crippen LogP contribution in [0.1, 0.15) is 64.7 Å². The zero-order valence-electron chi connectivity index (χ0n) is 14.1. The molecule has 0 spiro atoms. The SMILES string of the molecule is CCCC(NS(=O)(=O)N(C)C1CCOCC1)C1CCCCC1. The lowest BCUT2D eigenvalue weighted by molar-refractivity contribution is 0.0627. The highest BCUT2D eigenvalue weighted by Crippen LogP contribution is 2.29. The van der Waals surface area contributed by atoms with Crippen molar-refractivity contribution in [1.29, 1.82) is 0 Å².